The Bertz CT molecular complexity index is 970. The normalized spacial score (nSPS) is 10.9. The average molecular weight is 383 g/mol. The molecule has 0 unspecified atom stereocenters. The third-order valence-corrected chi connectivity index (χ3v) is 4.04. The Morgan fingerprint density at radius 2 is 1.93 bits per heavy atom. The second kappa shape index (κ2) is 9.00. The van der Waals surface area contributed by atoms with Crippen molar-refractivity contribution < 1.29 is 4.74 Å². The van der Waals surface area contributed by atoms with Gasteiger partial charge >= 0.3 is 0 Å². The van der Waals surface area contributed by atoms with Crippen LogP contribution in [-0.2, 0) is 0 Å². The van der Waals surface area contributed by atoms with Gasteiger partial charge in [-0.25, -0.2) is 0 Å². The number of ether oxygens (including phenoxy) is 1. The maximum Gasteiger partial charge on any atom is 0.292 e. The number of nitrogens with zero attached hydrogens (tertiary/aromatic N) is 3. The lowest BCUT2D eigenvalue weighted by atomic mass is 10.2. The summed E-state index contributed by atoms with van der Waals surface area (Å²) in [5.74, 6) is 0.818. The van der Waals surface area contributed by atoms with Crippen LogP contribution in [0.15, 0.2) is 70.7 Å². The molecule has 0 atom stereocenters. The van der Waals surface area contributed by atoms with Crippen molar-refractivity contribution >= 4 is 23.5 Å². The van der Waals surface area contributed by atoms with Crippen LogP contribution in [0.5, 0.6) is 5.75 Å². The Kier molecular flexibility index (Phi) is 6.22. The molecule has 0 fully saturated rings. The topological polar surface area (TPSA) is 68.5 Å². The van der Waals surface area contributed by atoms with E-state index in [9.17, 15) is 4.79 Å². The molecule has 0 spiro atoms. The Morgan fingerprint density at radius 3 is 2.63 bits per heavy atom. The van der Waals surface area contributed by atoms with E-state index in [1.807, 2.05) is 42.5 Å². The lowest BCUT2D eigenvalue weighted by molar-refractivity contribution is 0.317. The van der Waals surface area contributed by atoms with Gasteiger partial charge in [0.1, 0.15) is 16.5 Å². The zero-order valence-corrected chi connectivity index (χ0v) is 15.6. The first-order chi connectivity index (χ1) is 13.2. The molecule has 0 saturated heterocycles. The molecule has 6 nitrogen and oxygen atoms in total. The number of hydrogen-bond acceptors (Lipinski definition) is 5. The highest BCUT2D eigenvalue weighted by atomic mass is 35.5. The van der Waals surface area contributed by atoms with Crippen molar-refractivity contribution in [1.82, 2.24) is 9.78 Å². The fraction of sp³-hybridized carbons (Fsp3) is 0.150. The first-order valence-corrected chi connectivity index (χ1v) is 8.92. The summed E-state index contributed by atoms with van der Waals surface area (Å²) in [4.78, 5) is 12.4. The first kappa shape index (κ1) is 18.7. The number of hydrogen-bond donors (Lipinski definition) is 1. The number of anilines is 1. The van der Waals surface area contributed by atoms with Crippen LogP contribution in [-0.4, -0.2) is 22.6 Å². The number of benzene rings is 2. The van der Waals surface area contributed by atoms with Crippen molar-refractivity contribution in [3.05, 3.63) is 81.7 Å². The van der Waals surface area contributed by atoms with Crippen LogP contribution in [0, 0.1) is 0 Å². The minimum Gasteiger partial charge on any atom is -0.494 e. The van der Waals surface area contributed by atoms with Crippen LogP contribution in [0.2, 0.25) is 5.02 Å². The lowest BCUT2D eigenvalue weighted by Gasteiger charge is -2.07. The van der Waals surface area contributed by atoms with E-state index in [1.165, 1.54) is 10.9 Å². The summed E-state index contributed by atoms with van der Waals surface area (Å²) in [6, 6.07) is 16.6. The maximum absolute atomic E-state index is 12.4. The van der Waals surface area contributed by atoms with Crippen molar-refractivity contribution in [2.24, 2.45) is 5.10 Å². The minimum absolute atomic E-state index is 0.0225. The molecule has 2 aromatic carbocycles. The van der Waals surface area contributed by atoms with Gasteiger partial charge in [-0.2, -0.15) is 14.9 Å². The van der Waals surface area contributed by atoms with E-state index in [2.05, 4.69) is 22.5 Å². The van der Waals surface area contributed by atoms with Gasteiger partial charge in [-0.15, -0.1) is 0 Å². The molecule has 3 rings (SSSR count). The molecule has 138 valence electrons. The number of aromatic nitrogens is 2. The van der Waals surface area contributed by atoms with E-state index < -0.39 is 5.56 Å². The number of para-hydroxylation sites is 1. The Balaban J connectivity index is 1.70. The number of rotatable bonds is 7. The summed E-state index contributed by atoms with van der Waals surface area (Å²) >= 11 is 6.17. The fourth-order valence-corrected chi connectivity index (χ4v) is 2.48. The van der Waals surface area contributed by atoms with Gasteiger partial charge in [0.25, 0.3) is 5.56 Å². The molecule has 0 saturated carbocycles. The molecular weight excluding hydrogens is 364 g/mol. The predicted octanol–water partition coefficient (Wildman–Crippen LogP) is 4.12. The standard InChI is InChI=1S/C20H19ClN4O2/c1-2-12-27-17-10-8-15(9-11-17)13-22-24-18-14-23-25(20(26)19(18)21)16-6-4-3-5-7-16/h3-11,13-14,24H,2,12H2,1H3/b22-13+. The Labute approximate surface area is 162 Å². The Morgan fingerprint density at radius 1 is 1.19 bits per heavy atom. The highest BCUT2D eigenvalue weighted by molar-refractivity contribution is 6.32. The number of nitrogens with one attached hydrogen (secondary N) is 1. The van der Waals surface area contributed by atoms with Gasteiger partial charge in [0.2, 0.25) is 0 Å². The molecular formula is C20H19ClN4O2. The first-order valence-electron chi connectivity index (χ1n) is 8.54. The van der Waals surface area contributed by atoms with E-state index in [1.54, 1.807) is 18.3 Å². The Hall–Kier alpha value is -3.12. The zero-order chi connectivity index (χ0) is 19.1. The van der Waals surface area contributed by atoms with Crippen LogP contribution in [0.1, 0.15) is 18.9 Å². The van der Waals surface area contributed by atoms with E-state index in [0.717, 1.165) is 17.7 Å². The molecule has 1 aromatic heterocycles. The largest absolute Gasteiger partial charge is 0.494 e. The third kappa shape index (κ3) is 4.74. The van der Waals surface area contributed by atoms with Gasteiger partial charge in [0, 0.05) is 0 Å². The van der Waals surface area contributed by atoms with E-state index in [-0.39, 0.29) is 5.02 Å². The summed E-state index contributed by atoms with van der Waals surface area (Å²) in [6.07, 6.45) is 4.06. The van der Waals surface area contributed by atoms with Crippen LogP contribution < -0.4 is 15.7 Å². The van der Waals surface area contributed by atoms with Crippen LogP contribution in [0.25, 0.3) is 5.69 Å². The van der Waals surface area contributed by atoms with Gasteiger partial charge in [-0.1, -0.05) is 36.7 Å². The monoisotopic (exact) mass is 382 g/mol. The van der Waals surface area contributed by atoms with Crippen molar-refractivity contribution in [1.29, 1.82) is 0 Å². The van der Waals surface area contributed by atoms with Gasteiger partial charge in [0.15, 0.2) is 0 Å². The van der Waals surface area contributed by atoms with Gasteiger partial charge in [0.05, 0.1) is 24.7 Å². The zero-order valence-electron chi connectivity index (χ0n) is 14.8. The summed E-state index contributed by atoms with van der Waals surface area (Å²) in [6.45, 7) is 2.75. The highest BCUT2D eigenvalue weighted by Gasteiger charge is 2.09. The minimum atomic E-state index is -0.416. The number of hydrazone groups is 1. The molecule has 1 heterocycles. The third-order valence-electron chi connectivity index (χ3n) is 3.67. The van der Waals surface area contributed by atoms with Crippen molar-refractivity contribution in [3.8, 4) is 11.4 Å². The lowest BCUT2D eigenvalue weighted by Crippen LogP contribution is -2.22. The molecule has 0 radical (unpaired) electrons. The van der Waals surface area contributed by atoms with Crippen molar-refractivity contribution in [2.75, 3.05) is 12.0 Å². The fourth-order valence-electron chi connectivity index (χ4n) is 2.31. The van der Waals surface area contributed by atoms with E-state index in [4.69, 9.17) is 16.3 Å². The molecule has 0 amide bonds. The smallest absolute Gasteiger partial charge is 0.292 e. The summed E-state index contributed by atoms with van der Waals surface area (Å²) < 4.78 is 6.78. The van der Waals surface area contributed by atoms with E-state index >= 15 is 0 Å². The quantitative estimate of drug-likeness (QED) is 0.493. The summed E-state index contributed by atoms with van der Waals surface area (Å²) in [7, 11) is 0. The van der Waals surface area contributed by atoms with Crippen LogP contribution in [0.3, 0.4) is 0 Å². The van der Waals surface area contributed by atoms with Crippen LogP contribution in [0.4, 0.5) is 5.69 Å². The number of halogens is 1. The molecule has 0 aliphatic heterocycles. The average Bonchev–Trinajstić information content (AvgIpc) is 2.71. The molecule has 0 aliphatic rings. The summed E-state index contributed by atoms with van der Waals surface area (Å²) in [5.41, 5.74) is 4.21. The second-order valence-corrected chi connectivity index (χ2v) is 6.09. The SMILES string of the molecule is CCCOc1ccc(/C=N/Nc2cnn(-c3ccccc3)c(=O)c2Cl)cc1. The highest BCUT2D eigenvalue weighted by Crippen LogP contribution is 2.17. The molecule has 0 aliphatic carbocycles. The molecule has 3 aromatic rings. The predicted molar refractivity (Wildman–Crippen MR) is 108 cm³/mol. The molecule has 7 heteroatoms. The van der Waals surface area contributed by atoms with Crippen molar-refractivity contribution in [2.45, 2.75) is 13.3 Å². The molecule has 27 heavy (non-hydrogen) atoms. The molecule has 1 N–H and O–H groups in total. The molecule has 0 bridgehead atoms. The van der Waals surface area contributed by atoms with E-state index in [0.29, 0.717) is 18.0 Å². The van der Waals surface area contributed by atoms with Gasteiger partial charge in [-0.3, -0.25) is 10.2 Å². The van der Waals surface area contributed by atoms with Gasteiger partial charge in [-0.05, 0) is 48.4 Å². The maximum atomic E-state index is 12.4. The second-order valence-electron chi connectivity index (χ2n) is 5.71. The van der Waals surface area contributed by atoms with Gasteiger partial charge < -0.3 is 4.74 Å². The van der Waals surface area contributed by atoms with Crippen LogP contribution >= 0.6 is 11.6 Å². The summed E-state index contributed by atoms with van der Waals surface area (Å²) in [5, 5.41) is 8.28. The van der Waals surface area contributed by atoms with Crippen molar-refractivity contribution in [3.63, 3.8) is 0 Å².